The average Bonchev–Trinajstić information content (AvgIpc) is 2.41. The molecule has 19 heavy (non-hydrogen) atoms. The summed E-state index contributed by atoms with van der Waals surface area (Å²) < 4.78 is 1.56. The smallest absolute Gasteiger partial charge is 0.253 e. The van der Waals surface area contributed by atoms with Crippen LogP contribution in [-0.4, -0.2) is 21.3 Å². The van der Waals surface area contributed by atoms with Gasteiger partial charge in [-0.3, -0.25) is 9.36 Å². The number of nitrogens with zero attached hydrogens (tertiary/aromatic N) is 2. The lowest BCUT2D eigenvalue weighted by Gasteiger charge is -2.05. The van der Waals surface area contributed by atoms with Gasteiger partial charge in [-0.1, -0.05) is 24.0 Å². The maximum Gasteiger partial charge on any atom is 0.253 e. The molecule has 1 aromatic carbocycles. The number of aliphatic hydroxyl groups is 1. The second kappa shape index (κ2) is 5.98. The van der Waals surface area contributed by atoms with E-state index in [0.717, 1.165) is 16.8 Å². The predicted molar refractivity (Wildman–Crippen MR) is 72.7 cm³/mol. The molecular formula is C15H14N2O2. The standard InChI is InChI=1S/C15H14N2O2/c1-12-9-15(19)17(11-16-12)10-14-6-4-13(5-7-14)3-2-8-18/h4-7,9,11,18H,8,10H2,1H3. The number of aromatic nitrogens is 2. The molecule has 1 heterocycles. The van der Waals surface area contributed by atoms with E-state index in [2.05, 4.69) is 16.8 Å². The van der Waals surface area contributed by atoms with E-state index in [4.69, 9.17) is 5.11 Å². The van der Waals surface area contributed by atoms with Crippen molar-refractivity contribution >= 4 is 0 Å². The number of hydrogen-bond donors (Lipinski definition) is 1. The minimum atomic E-state index is -0.147. The summed E-state index contributed by atoms with van der Waals surface area (Å²) in [4.78, 5) is 15.8. The lowest BCUT2D eigenvalue weighted by molar-refractivity contribution is 0.350. The van der Waals surface area contributed by atoms with Gasteiger partial charge in [0.15, 0.2) is 0 Å². The molecule has 0 aliphatic rings. The van der Waals surface area contributed by atoms with E-state index in [-0.39, 0.29) is 12.2 Å². The molecule has 2 aromatic rings. The molecule has 0 fully saturated rings. The molecule has 2 rings (SSSR count). The fourth-order valence-corrected chi connectivity index (χ4v) is 1.67. The summed E-state index contributed by atoms with van der Waals surface area (Å²) in [7, 11) is 0. The van der Waals surface area contributed by atoms with Crippen LogP contribution in [-0.2, 0) is 6.54 Å². The number of benzene rings is 1. The third kappa shape index (κ3) is 3.54. The van der Waals surface area contributed by atoms with Crippen LogP contribution in [0.2, 0.25) is 0 Å². The van der Waals surface area contributed by atoms with Crippen LogP contribution >= 0.6 is 0 Å². The van der Waals surface area contributed by atoms with Gasteiger partial charge in [-0.15, -0.1) is 0 Å². The summed E-state index contributed by atoms with van der Waals surface area (Å²) in [6.45, 7) is 2.13. The highest BCUT2D eigenvalue weighted by Crippen LogP contribution is 2.04. The zero-order valence-corrected chi connectivity index (χ0v) is 10.6. The Morgan fingerprint density at radius 1 is 1.32 bits per heavy atom. The third-order valence-electron chi connectivity index (χ3n) is 2.63. The number of rotatable bonds is 2. The first-order chi connectivity index (χ1) is 9.19. The van der Waals surface area contributed by atoms with E-state index in [0.29, 0.717) is 6.54 Å². The summed E-state index contributed by atoms with van der Waals surface area (Å²) in [6, 6.07) is 9.07. The van der Waals surface area contributed by atoms with E-state index in [1.54, 1.807) is 17.8 Å². The largest absolute Gasteiger partial charge is 0.384 e. The van der Waals surface area contributed by atoms with Crippen LogP contribution in [0, 0.1) is 18.8 Å². The number of aliphatic hydroxyl groups excluding tert-OH is 1. The Bertz CT molecular complexity index is 676. The summed E-state index contributed by atoms with van der Waals surface area (Å²) in [5, 5.41) is 8.61. The molecule has 0 radical (unpaired) electrons. The fourth-order valence-electron chi connectivity index (χ4n) is 1.67. The predicted octanol–water partition coefficient (Wildman–Crippen LogP) is 0.944. The topological polar surface area (TPSA) is 55.1 Å². The molecule has 0 unspecified atom stereocenters. The van der Waals surface area contributed by atoms with Crippen LogP contribution < -0.4 is 5.56 Å². The van der Waals surface area contributed by atoms with E-state index in [1.807, 2.05) is 24.3 Å². The van der Waals surface area contributed by atoms with Crippen LogP contribution in [0.25, 0.3) is 0 Å². The zero-order valence-electron chi connectivity index (χ0n) is 10.6. The Morgan fingerprint density at radius 3 is 2.68 bits per heavy atom. The van der Waals surface area contributed by atoms with Gasteiger partial charge in [0, 0.05) is 17.3 Å². The van der Waals surface area contributed by atoms with E-state index in [9.17, 15) is 4.79 Å². The molecule has 96 valence electrons. The second-order valence-corrected chi connectivity index (χ2v) is 4.15. The normalized spacial score (nSPS) is 9.79. The maximum atomic E-state index is 11.7. The van der Waals surface area contributed by atoms with Gasteiger partial charge in [-0.2, -0.15) is 0 Å². The fraction of sp³-hybridized carbons (Fsp3) is 0.200. The molecule has 1 aromatic heterocycles. The Kier molecular flexibility index (Phi) is 4.11. The van der Waals surface area contributed by atoms with E-state index >= 15 is 0 Å². The Labute approximate surface area is 111 Å². The molecule has 0 amide bonds. The maximum absolute atomic E-state index is 11.7. The first-order valence-corrected chi connectivity index (χ1v) is 5.91. The molecule has 0 aliphatic heterocycles. The van der Waals surface area contributed by atoms with Crippen molar-refractivity contribution < 1.29 is 5.11 Å². The van der Waals surface area contributed by atoms with Gasteiger partial charge >= 0.3 is 0 Å². The van der Waals surface area contributed by atoms with Crippen molar-refractivity contribution in [1.29, 1.82) is 0 Å². The van der Waals surface area contributed by atoms with Gasteiger partial charge in [-0.25, -0.2) is 4.98 Å². The highest BCUT2D eigenvalue weighted by molar-refractivity contribution is 5.36. The Morgan fingerprint density at radius 2 is 2.05 bits per heavy atom. The van der Waals surface area contributed by atoms with Gasteiger partial charge in [0.05, 0.1) is 12.9 Å². The van der Waals surface area contributed by atoms with Crippen LogP contribution in [0.3, 0.4) is 0 Å². The van der Waals surface area contributed by atoms with Crippen molar-refractivity contribution in [2.75, 3.05) is 6.61 Å². The second-order valence-electron chi connectivity index (χ2n) is 4.15. The molecule has 0 saturated heterocycles. The highest BCUT2D eigenvalue weighted by Gasteiger charge is 1.99. The molecule has 4 heteroatoms. The van der Waals surface area contributed by atoms with Crippen molar-refractivity contribution in [3.63, 3.8) is 0 Å². The van der Waals surface area contributed by atoms with E-state index < -0.39 is 0 Å². The molecule has 4 nitrogen and oxygen atoms in total. The van der Waals surface area contributed by atoms with Crippen LogP contribution in [0.4, 0.5) is 0 Å². The van der Waals surface area contributed by atoms with Gasteiger partial charge in [0.25, 0.3) is 5.56 Å². The van der Waals surface area contributed by atoms with Gasteiger partial charge in [0.1, 0.15) is 6.61 Å². The quantitative estimate of drug-likeness (QED) is 0.812. The first-order valence-electron chi connectivity index (χ1n) is 5.91. The number of hydrogen-bond acceptors (Lipinski definition) is 3. The lowest BCUT2D eigenvalue weighted by atomic mass is 10.1. The molecule has 0 aliphatic carbocycles. The molecule has 1 N–H and O–H groups in total. The van der Waals surface area contributed by atoms with E-state index in [1.165, 1.54) is 6.07 Å². The molecule has 0 saturated carbocycles. The summed E-state index contributed by atoms with van der Waals surface area (Å²) in [5.41, 5.74) is 2.50. The Hall–Kier alpha value is -2.38. The SMILES string of the molecule is Cc1cc(=O)n(Cc2ccc(C#CCO)cc2)cn1. The van der Waals surface area contributed by atoms with Gasteiger partial charge < -0.3 is 5.11 Å². The average molecular weight is 254 g/mol. The van der Waals surface area contributed by atoms with Crippen molar-refractivity contribution in [3.05, 3.63) is 63.8 Å². The summed E-state index contributed by atoms with van der Waals surface area (Å²) in [6.07, 6.45) is 1.55. The van der Waals surface area contributed by atoms with Crippen molar-refractivity contribution in [2.45, 2.75) is 13.5 Å². The number of aryl methyl sites for hydroxylation is 1. The van der Waals surface area contributed by atoms with Crippen molar-refractivity contribution in [1.82, 2.24) is 9.55 Å². The summed E-state index contributed by atoms with van der Waals surface area (Å²) in [5.74, 6) is 5.41. The monoisotopic (exact) mass is 254 g/mol. The minimum Gasteiger partial charge on any atom is -0.384 e. The molecular weight excluding hydrogens is 240 g/mol. The first kappa shape index (κ1) is 13.1. The van der Waals surface area contributed by atoms with Crippen molar-refractivity contribution in [2.24, 2.45) is 0 Å². The third-order valence-corrected chi connectivity index (χ3v) is 2.63. The van der Waals surface area contributed by atoms with Crippen molar-refractivity contribution in [3.8, 4) is 11.8 Å². The lowest BCUT2D eigenvalue weighted by Crippen LogP contribution is -2.20. The van der Waals surface area contributed by atoms with Crippen LogP contribution in [0.1, 0.15) is 16.8 Å². The van der Waals surface area contributed by atoms with Gasteiger partial charge in [-0.05, 0) is 24.6 Å². The van der Waals surface area contributed by atoms with Crippen LogP contribution in [0.5, 0.6) is 0 Å². The summed E-state index contributed by atoms with van der Waals surface area (Å²) >= 11 is 0. The minimum absolute atomic E-state index is 0.0587. The molecule has 0 atom stereocenters. The zero-order chi connectivity index (χ0) is 13.7. The Balaban J connectivity index is 2.17. The van der Waals surface area contributed by atoms with Crippen LogP contribution in [0.15, 0.2) is 41.5 Å². The molecule has 0 spiro atoms. The highest BCUT2D eigenvalue weighted by atomic mass is 16.2. The molecule has 0 bridgehead atoms. The van der Waals surface area contributed by atoms with Gasteiger partial charge in [0.2, 0.25) is 0 Å².